The summed E-state index contributed by atoms with van der Waals surface area (Å²) < 4.78 is 0. The summed E-state index contributed by atoms with van der Waals surface area (Å²) in [6.45, 7) is 5.66. The number of benzene rings is 1. The Morgan fingerprint density at radius 2 is 2.10 bits per heavy atom. The molecule has 2 aromatic rings. The number of thiophene rings is 1. The summed E-state index contributed by atoms with van der Waals surface area (Å²) in [5, 5.41) is 8.10. The first-order chi connectivity index (χ1) is 9.83. The highest BCUT2D eigenvalue weighted by molar-refractivity contribution is 7.07. The van der Waals surface area contributed by atoms with Crippen LogP contribution >= 0.6 is 11.3 Å². The Hall–Kier alpha value is -1.16. The van der Waals surface area contributed by atoms with E-state index in [-0.39, 0.29) is 0 Å². The zero-order chi connectivity index (χ0) is 13.8. The van der Waals surface area contributed by atoms with Crippen LogP contribution in [0, 0.1) is 0 Å². The van der Waals surface area contributed by atoms with Crippen molar-refractivity contribution in [3.05, 3.63) is 58.3 Å². The van der Waals surface area contributed by atoms with Gasteiger partial charge in [-0.05, 0) is 41.3 Å². The van der Waals surface area contributed by atoms with Gasteiger partial charge in [0.15, 0.2) is 0 Å². The van der Waals surface area contributed by atoms with E-state index in [1.165, 1.54) is 11.1 Å². The van der Waals surface area contributed by atoms with Crippen LogP contribution in [0.25, 0.3) is 0 Å². The molecule has 0 amide bonds. The second kappa shape index (κ2) is 6.53. The Balaban J connectivity index is 1.61. The van der Waals surface area contributed by atoms with Crippen LogP contribution in [0.5, 0.6) is 0 Å². The average Bonchev–Trinajstić information content (AvgIpc) is 3.01. The van der Waals surface area contributed by atoms with Crippen LogP contribution in [0.15, 0.2) is 47.2 Å². The maximum atomic E-state index is 3.67. The number of nitrogens with one attached hydrogen (secondary N) is 1. The van der Waals surface area contributed by atoms with Crippen molar-refractivity contribution in [2.45, 2.75) is 25.4 Å². The lowest BCUT2D eigenvalue weighted by molar-refractivity contribution is 0.143. The molecule has 3 rings (SSSR count). The van der Waals surface area contributed by atoms with Crippen LogP contribution in [0.2, 0.25) is 0 Å². The molecule has 2 atom stereocenters. The van der Waals surface area contributed by atoms with Crippen LogP contribution < -0.4 is 5.32 Å². The van der Waals surface area contributed by atoms with Crippen LogP contribution in [0.4, 0.5) is 0 Å². The van der Waals surface area contributed by atoms with Gasteiger partial charge >= 0.3 is 0 Å². The van der Waals surface area contributed by atoms with Crippen molar-refractivity contribution < 1.29 is 0 Å². The molecule has 1 N–H and O–H groups in total. The van der Waals surface area contributed by atoms with Crippen LogP contribution in [-0.2, 0) is 6.42 Å². The lowest BCUT2D eigenvalue weighted by Crippen LogP contribution is -2.51. The highest BCUT2D eigenvalue weighted by Gasteiger charge is 2.25. The lowest BCUT2D eigenvalue weighted by atomic mass is 10.0. The van der Waals surface area contributed by atoms with Gasteiger partial charge in [-0.1, -0.05) is 30.3 Å². The van der Waals surface area contributed by atoms with Gasteiger partial charge in [-0.3, -0.25) is 4.90 Å². The first kappa shape index (κ1) is 13.8. The van der Waals surface area contributed by atoms with Gasteiger partial charge in [0.2, 0.25) is 0 Å². The molecule has 1 aromatic heterocycles. The highest BCUT2D eigenvalue weighted by atomic mass is 32.1. The van der Waals surface area contributed by atoms with Crippen LogP contribution in [-0.4, -0.2) is 30.6 Å². The third-order valence-electron chi connectivity index (χ3n) is 4.17. The average molecular weight is 286 g/mol. The van der Waals surface area contributed by atoms with E-state index >= 15 is 0 Å². The van der Waals surface area contributed by atoms with E-state index in [0.29, 0.717) is 12.1 Å². The Labute approximate surface area is 125 Å². The van der Waals surface area contributed by atoms with E-state index in [1.54, 1.807) is 11.3 Å². The minimum absolute atomic E-state index is 0.467. The summed E-state index contributed by atoms with van der Waals surface area (Å²) in [6.07, 6.45) is 1.16. The molecule has 2 unspecified atom stereocenters. The van der Waals surface area contributed by atoms with E-state index < -0.39 is 0 Å². The van der Waals surface area contributed by atoms with Crippen molar-refractivity contribution in [2.24, 2.45) is 0 Å². The molecule has 0 aliphatic carbocycles. The first-order valence-corrected chi connectivity index (χ1v) is 8.30. The normalized spacial score (nSPS) is 23.9. The Morgan fingerprint density at radius 1 is 1.25 bits per heavy atom. The number of hydrogen-bond acceptors (Lipinski definition) is 3. The zero-order valence-electron chi connectivity index (χ0n) is 12.0. The molecule has 3 heteroatoms. The molecule has 2 nitrogen and oxygen atoms in total. The molecule has 106 valence electrons. The predicted octanol–water partition coefficient (Wildman–Crippen LogP) is 3.33. The topological polar surface area (TPSA) is 15.3 Å². The van der Waals surface area contributed by atoms with Crippen molar-refractivity contribution in [1.29, 1.82) is 0 Å². The molecule has 1 fully saturated rings. The molecule has 0 bridgehead atoms. The van der Waals surface area contributed by atoms with Gasteiger partial charge in [0, 0.05) is 31.7 Å². The lowest BCUT2D eigenvalue weighted by Gasteiger charge is -2.39. The molecular weight excluding hydrogens is 264 g/mol. The van der Waals surface area contributed by atoms with E-state index in [2.05, 4.69) is 64.3 Å². The van der Waals surface area contributed by atoms with Gasteiger partial charge in [-0.25, -0.2) is 0 Å². The summed E-state index contributed by atoms with van der Waals surface area (Å²) >= 11 is 1.79. The second-order valence-electron chi connectivity index (χ2n) is 5.60. The maximum absolute atomic E-state index is 3.67. The van der Waals surface area contributed by atoms with E-state index in [1.807, 2.05) is 0 Å². The molecule has 1 saturated heterocycles. The number of piperazine rings is 1. The summed E-state index contributed by atoms with van der Waals surface area (Å²) in [5.74, 6) is 0. The quantitative estimate of drug-likeness (QED) is 0.927. The van der Waals surface area contributed by atoms with Gasteiger partial charge in [0.1, 0.15) is 0 Å². The largest absolute Gasteiger partial charge is 0.307 e. The second-order valence-corrected chi connectivity index (χ2v) is 6.38. The molecule has 0 spiro atoms. The Morgan fingerprint density at radius 3 is 2.85 bits per heavy atom. The Kier molecular flexibility index (Phi) is 4.51. The molecule has 0 saturated carbocycles. The minimum Gasteiger partial charge on any atom is -0.307 e. The molecule has 1 aliphatic rings. The third kappa shape index (κ3) is 3.29. The summed E-state index contributed by atoms with van der Waals surface area (Å²) in [4.78, 5) is 2.62. The molecule has 20 heavy (non-hydrogen) atoms. The van der Waals surface area contributed by atoms with Gasteiger partial charge in [0.25, 0.3) is 0 Å². The molecule has 1 aliphatic heterocycles. The Bertz CT molecular complexity index is 509. The third-order valence-corrected chi connectivity index (χ3v) is 4.90. The van der Waals surface area contributed by atoms with Crippen molar-refractivity contribution in [2.75, 3.05) is 19.6 Å². The summed E-state index contributed by atoms with van der Waals surface area (Å²) in [5.41, 5.74) is 2.87. The summed E-state index contributed by atoms with van der Waals surface area (Å²) in [6, 6.07) is 14.1. The molecule has 1 aromatic carbocycles. The van der Waals surface area contributed by atoms with Crippen molar-refractivity contribution in [3.8, 4) is 0 Å². The van der Waals surface area contributed by atoms with Gasteiger partial charge in [0.05, 0.1) is 0 Å². The van der Waals surface area contributed by atoms with Crippen LogP contribution in [0.3, 0.4) is 0 Å². The van der Waals surface area contributed by atoms with Crippen LogP contribution in [0.1, 0.15) is 24.1 Å². The standard InChI is InChI=1S/C17H22N2S/c1-14-11-18-17(16-5-3-2-4-6-16)12-19(14)9-7-15-8-10-20-13-15/h2-6,8,10,13-14,17-18H,7,9,11-12H2,1H3. The van der Waals surface area contributed by atoms with E-state index in [9.17, 15) is 0 Å². The summed E-state index contributed by atoms with van der Waals surface area (Å²) in [7, 11) is 0. The van der Waals surface area contributed by atoms with Crippen molar-refractivity contribution in [3.63, 3.8) is 0 Å². The number of nitrogens with zero attached hydrogens (tertiary/aromatic N) is 1. The number of rotatable bonds is 4. The van der Waals surface area contributed by atoms with Gasteiger partial charge in [-0.2, -0.15) is 11.3 Å². The molecule has 2 heterocycles. The zero-order valence-corrected chi connectivity index (χ0v) is 12.8. The van der Waals surface area contributed by atoms with Gasteiger partial charge in [-0.15, -0.1) is 0 Å². The van der Waals surface area contributed by atoms with E-state index in [4.69, 9.17) is 0 Å². The highest BCUT2D eigenvalue weighted by Crippen LogP contribution is 2.20. The minimum atomic E-state index is 0.467. The van der Waals surface area contributed by atoms with E-state index in [0.717, 1.165) is 26.1 Å². The monoisotopic (exact) mass is 286 g/mol. The number of hydrogen-bond donors (Lipinski definition) is 1. The maximum Gasteiger partial charge on any atom is 0.0449 e. The molecule has 0 radical (unpaired) electrons. The molecular formula is C17H22N2S. The predicted molar refractivity (Wildman–Crippen MR) is 86.2 cm³/mol. The SMILES string of the molecule is CC1CNC(c2ccccc2)CN1CCc1ccsc1. The fourth-order valence-corrected chi connectivity index (χ4v) is 3.55. The van der Waals surface area contributed by atoms with Crippen molar-refractivity contribution in [1.82, 2.24) is 10.2 Å². The fourth-order valence-electron chi connectivity index (χ4n) is 2.85. The van der Waals surface area contributed by atoms with Crippen molar-refractivity contribution >= 4 is 11.3 Å². The first-order valence-electron chi connectivity index (χ1n) is 7.36. The smallest absolute Gasteiger partial charge is 0.0449 e. The van der Waals surface area contributed by atoms with Gasteiger partial charge < -0.3 is 5.32 Å². The fraction of sp³-hybridized carbons (Fsp3) is 0.412.